The lowest BCUT2D eigenvalue weighted by Crippen LogP contribution is -2.40. The van der Waals surface area contributed by atoms with Gasteiger partial charge in [0, 0.05) is 54.2 Å². The van der Waals surface area contributed by atoms with E-state index in [0.29, 0.717) is 48.9 Å². The van der Waals surface area contributed by atoms with Crippen LogP contribution in [0.4, 0.5) is 11.4 Å². The molecular weight excluding hydrogens is 490 g/mol. The fourth-order valence-corrected chi connectivity index (χ4v) is 4.95. The molecule has 1 aromatic heterocycles. The second-order valence-electron chi connectivity index (χ2n) is 9.49. The summed E-state index contributed by atoms with van der Waals surface area (Å²) in [7, 11) is 0. The first-order chi connectivity index (χ1) is 19.1. The van der Waals surface area contributed by atoms with Crippen molar-refractivity contribution in [2.24, 2.45) is 0 Å². The van der Waals surface area contributed by atoms with Gasteiger partial charge in [-0.1, -0.05) is 26.0 Å². The summed E-state index contributed by atoms with van der Waals surface area (Å²) < 4.78 is 5.33. The van der Waals surface area contributed by atoms with Gasteiger partial charge in [-0.2, -0.15) is 0 Å². The van der Waals surface area contributed by atoms with Crippen molar-refractivity contribution in [3.8, 4) is 11.4 Å². The summed E-state index contributed by atoms with van der Waals surface area (Å²) in [5.74, 6) is 0.583. The Morgan fingerprint density at radius 1 is 0.846 bits per heavy atom. The number of carbonyl (C=O) groups is 2. The number of rotatable bonds is 5. The fraction of sp³-hybridized carbons (Fsp3) is 0.323. The highest BCUT2D eigenvalue weighted by molar-refractivity contribution is 6.05. The average molecular weight is 526 g/mol. The van der Waals surface area contributed by atoms with Gasteiger partial charge in [0.1, 0.15) is 5.82 Å². The van der Waals surface area contributed by atoms with Crippen molar-refractivity contribution >= 4 is 34.2 Å². The number of nitrogens with one attached hydrogen (secondary N) is 2. The van der Waals surface area contributed by atoms with E-state index >= 15 is 0 Å². The van der Waals surface area contributed by atoms with Crippen LogP contribution < -0.4 is 10.2 Å². The molecule has 6 rings (SSSR count). The Labute approximate surface area is 229 Å². The summed E-state index contributed by atoms with van der Waals surface area (Å²) in [6, 6.07) is 20.9. The zero-order chi connectivity index (χ0) is 27.2. The Balaban J connectivity index is 0.00000151. The van der Waals surface area contributed by atoms with Crippen molar-refractivity contribution in [2.45, 2.75) is 26.7 Å². The van der Waals surface area contributed by atoms with Crippen LogP contribution in [0.3, 0.4) is 0 Å². The van der Waals surface area contributed by atoms with Crippen LogP contribution >= 0.6 is 0 Å². The predicted octanol–water partition coefficient (Wildman–Crippen LogP) is 5.58. The average Bonchev–Trinajstić information content (AvgIpc) is 3.69. The molecule has 0 unspecified atom stereocenters. The monoisotopic (exact) mass is 525 g/mol. The molecule has 0 atom stereocenters. The first kappa shape index (κ1) is 26.4. The van der Waals surface area contributed by atoms with Crippen molar-refractivity contribution in [2.75, 3.05) is 49.6 Å². The highest BCUT2D eigenvalue weighted by Gasteiger charge is 2.19. The number of aromatic amines is 1. The number of nitrogens with zero attached hydrogens (tertiary/aromatic N) is 3. The van der Waals surface area contributed by atoms with Crippen molar-refractivity contribution < 1.29 is 14.3 Å². The normalized spacial score (nSPS) is 15.1. The lowest BCUT2D eigenvalue weighted by atomic mass is 10.1. The number of aromatic nitrogens is 2. The molecule has 3 heterocycles. The van der Waals surface area contributed by atoms with Gasteiger partial charge in [-0.25, -0.2) is 4.98 Å². The minimum absolute atomic E-state index is 0.0190. The van der Waals surface area contributed by atoms with Gasteiger partial charge in [0.2, 0.25) is 0 Å². The molecule has 39 heavy (non-hydrogen) atoms. The van der Waals surface area contributed by atoms with Gasteiger partial charge in [0.05, 0.1) is 24.2 Å². The zero-order valence-electron chi connectivity index (χ0n) is 22.6. The second kappa shape index (κ2) is 12.1. The summed E-state index contributed by atoms with van der Waals surface area (Å²) in [5.41, 5.74) is 5.66. The molecule has 2 saturated heterocycles. The lowest BCUT2D eigenvalue weighted by molar-refractivity contribution is 0.0303. The largest absolute Gasteiger partial charge is 0.378 e. The SMILES string of the molecule is CC.O=C(Nc1ccc2nc(-c3ccc(C(=O)N4CCOCC4)cc3)[nH]c2c1)c1ccc(N2CCCC2)cc1. The van der Waals surface area contributed by atoms with Gasteiger partial charge in [-0.15, -0.1) is 0 Å². The van der Waals surface area contributed by atoms with Crippen LogP contribution in [0.25, 0.3) is 22.4 Å². The molecule has 0 radical (unpaired) electrons. The molecule has 202 valence electrons. The summed E-state index contributed by atoms with van der Waals surface area (Å²) in [4.78, 5) is 37.7. The summed E-state index contributed by atoms with van der Waals surface area (Å²) in [5, 5.41) is 2.99. The molecule has 2 amide bonds. The number of carbonyl (C=O) groups excluding carboxylic acids is 2. The smallest absolute Gasteiger partial charge is 0.255 e. The van der Waals surface area contributed by atoms with Crippen molar-refractivity contribution in [3.05, 3.63) is 77.9 Å². The number of ether oxygens (including phenoxy) is 1. The standard InChI is InChI=1S/C29H29N5O3.C2H6/c35-28(21-7-10-24(11-8-21)33-13-1-2-14-33)30-23-9-12-25-26(19-23)32-27(31-25)20-3-5-22(6-4-20)29(36)34-15-17-37-18-16-34;1-2/h3-12,19H,1-2,13-18H2,(H,30,35)(H,31,32);1-2H3. The first-order valence-electron chi connectivity index (χ1n) is 13.8. The maximum absolute atomic E-state index is 12.8. The quantitative estimate of drug-likeness (QED) is 0.355. The van der Waals surface area contributed by atoms with Crippen LogP contribution in [0.2, 0.25) is 0 Å². The Hall–Kier alpha value is -4.17. The maximum Gasteiger partial charge on any atom is 0.255 e. The van der Waals surface area contributed by atoms with Gasteiger partial charge in [-0.05, 0) is 67.4 Å². The molecular formula is C31H35N5O3. The van der Waals surface area contributed by atoms with E-state index in [-0.39, 0.29) is 11.8 Å². The van der Waals surface area contributed by atoms with Crippen LogP contribution in [0.5, 0.6) is 0 Å². The molecule has 0 aliphatic carbocycles. The number of anilines is 2. The first-order valence-corrected chi connectivity index (χ1v) is 13.8. The highest BCUT2D eigenvalue weighted by atomic mass is 16.5. The molecule has 2 N–H and O–H groups in total. The number of fused-ring (bicyclic) bond motifs is 1. The number of morpholine rings is 1. The Morgan fingerprint density at radius 2 is 1.51 bits per heavy atom. The number of amides is 2. The van der Waals surface area contributed by atoms with Gasteiger partial charge in [-0.3, -0.25) is 9.59 Å². The van der Waals surface area contributed by atoms with Crippen LogP contribution in [-0.4, -0.2) is 66.1 Å². The number of hydrogen-bond acceptors (Lipinski definition) is 5. The molecule has 2 aliphatic heterocycles. The van der Waals surface area contributed by atoms with Crippen LogP contribution in [-0.2, 0) is 4.74 Å². The number of imidazole rings is 1. The van der Waals surface area contributed by atoms with Gasteiger partial charge in [0.25, 0.3) is 11.8 Å². The third-order valence-electron chi connectivity index (χ3n) is 7.04. The van der Waals surface area contributed by atoms with E-state index in [1.807, 2.05) is 85.5 Å². The Bertz CT molecular complexity index is 1420. The number of H-pyrrole nitrogens is 1. The minimum Gasteiger partial charge on any atom is -0.378 e. The molecule has 0 spiro atoms. The van der Waals surface area contributed by atoms with Crippen LogP contribution in [0.1, 0.15) is 47.4 Å². The Morgan fingerprint density at radius 3 is 2.21 bits per heavy atom. The lowest BCUT2D eigenvalue weighted by Gasteiger charge is -2.26. The molecule has 0 saturated carbocycles. The predicted molar refractivity (Wildman–Crippen MR) is 155 cm³/mol. The van der Waals surface area contributed by atoms with Gasteiger partial charge >= 0.3 is 0 Å². The minimum atomic E-state index is -0.146. The summed E-state index contributed by atoms with van der Waals surface area (Å²) >= 11 is 0. The molecule has 3 aromatic carbocycles. The zero-order valence-corrected chi connectivity index (χ0v) is 22.6. The van der Waals surface area contributed by atoms with Crippen LogP contribution in [0.15, 0.2) is 66.7 Å². The van der Waals surface area contributed by atoms with Crippen molar-refractivity contribution in [1.82, 2.24) is 14.9 Å². The third kappa shape index (κ3) is 5.96. The van der Waals surface area contributed by atoms with E-state index in [1.54, 1.807) is 0 Å². The Kier molecular flexibility index (Phi) is 8.22. The molecule has 2 fully saturated rings. The van der Waals surface area contributed by atoms with E-state index < -0.39 is 0 Å². The topological polar surface area (TPSA) is 90.6 Å². The number of benzene rings is 3. The van der Waals surface area contributed by atoms with Gasteiger partial charge in [0.15, 0.2) is 0 Å². The highest BCUT2D eigenvalue weighted by Crippen LogP contribution is 2.25. The van der Waals surface area contributed by atoms with E-state index in [2.05, 4.69) is 20.2 Å². The molecule has 8 nitrogen and oxygen atoms in total. The van der Waals surface area contributed by atoms with E-state index in [0.717, 1.165) is 29.7 Å². The summed E-state index contributed by atoms with van der Waals surface area (Å²) in [6.07, 6.45) is 2.44. The number of hydrogen-bond donors (Lipinski definition) is 2. The van der Waals surface area contributed by atoms with E-state index in [9.17, 15) is 9.59 Å². The van der Waals surface area contributed by atoms with Crippen LogP contribution in [0, 0.1) is 0 Å². The fourth-order valence-electron chi connectivity index (χ4n) is 4.95. The van der Waals surface area contributed by atoms with E-state index in [1.165, 1.54) is 18.5 Å². The molecule has 4 aromatic rings. The molecule has 2 aliphatic rings. The van der Waals surface area contributed by atoms with Crippen molar-refractivity contribution in [3.63, 3.8) is 0 Å². The third-order valence-corrected chi connectivity index (χ3v) is 7.04. The molecule has 0 bridgehead atoms. The maximum atomic E-state index is 12.8. The van der Waals surface area contributed by atoms with E-state index in [4.69, 9.17) is 4.74 Å². The van der Waals surface area contributed by atoms with Gasteiger partial charge < -0.3 is 24.8 Å². The molecule has 8 heteroatoms. The van der Waals surface area contributed by atoms with Crippen molar-refractivity contribution in [1.29, 1.82) is 0 Å². The summed E-state index contributed by atoms with van der Waals surface area (Å²) in [6.45, 7) is 8.55. The second-order valence-corrected chi connectivity index (χ2v) is 9.49.